The molecule has 1 aromatic heterocycles. The lowest BCUT2D eigenvalue weighted by molar-refractivity contribution is -0.122. The number of hydrogen-bond donors (Lipinski definition) is 1. The third-order valence-corrected chi connectivity index (χ3v) is 5.44. The van der Waals surface area contributed by atoms with Crippen LogP contribution in [0.2, 0.25) is 0 Å². The van der Waals surface area contributed by atoms with Crippen molar-refractivity contribution >= 4 is 11.7 Å². The van der Waals surface area contributed by atoms with Crippen LogP contribution in [-0.2, 0) is 17.8 Å². The lowest BCUT2D eigenvalue weighted by atomic mass is 9.94. The van der Waals surface area contributed by atoms with Gasteiger partial charge in [0.05, 0.1) is 11.3 Å². The Labute approximate surface area is 159 Å². The van der Waals surface area contributed by atoms with Gasteiger partial charge in [-0.25, -0.2) is 4.39 Å². The number of ketones is 1. The van der Waals surface area contributed by atoms with Gasteiger partial charge in [0.15, 0.2) is 5.78 Å². The van der Waals surface area contributed by atoms with E-state index in [1.54, 1.807) is 11.6 Å². The molecule has 1 fully saturated rings. The van der Waals surface area contributed by atoms with Gasteiger partial charge in [0, 0.05) is 11.7 Å². The van der Waals surface area contributed by atoms with Gasteiger partial charge in [-0.15, -0.1) is 0 Å². The van der Waals surface area contributed by atoms with Crippen molar-refractivity contribution in [3.8, 4) is 0 Å². The van der Waals surface area contributed by atoms with Crippen molar-refractivity contribution in [2.45, 2.75) is 59.0 Å². The first kappa shape index (κ1) is 19.3. The highest BCUT2D eigenvalue weighted by molar-refractivity contribution is 5.96. The minimum Gasteiger partial charge on any atom is -0.351 e. The quantitative estimate of drug-likeness (QED) is 0.792. The molecule has 5 nitrogen and oxygen atoms in total. The highest BCUT2D eigenvalue weighted by Gasteiger charge is 2.29. The van der Waals surface area contributed by atoms with Crippen LogP contribution in [0.1, 0.15) is 53.5 Å². The summed E-state index contributed by atoms with van der Waals surface area (Å²) in [5.74, 6) is -0.00370. The van der Waals surface area contributed by atoms with E-state index in [4.69, 9.17) is 0 Å². The van der Waals surface area contributed by atoms with Crippen LogP contribution in [0.15, 0.2) is 24.3 Å². The van der Waals surface area contributed by atoms with Gasteiger partial charge >= 0.3 is 0 Å². The Morgan fingerprint density at radius 2 is 1.93 bits per heavy atom. The zero-order valence-electron chi connectivity index (χ0n) is 16.1. The zero-order chi connectivity index (χ0) is 19.6. The van der Waals surface area contributed by atoms with Gasteiger partial charge in [-0.3, -0.25) is 14.3 Å². The van der Waals surface area contributed by atoms with E-state index in [0.29, 0.717) is 17.2 Å². The average Bonchev–Trinajstić information content (AvgIpc) is 3.13. The maximum absolute atomic E-state index is 13.1. The molecule has 3 rings (SSSR count). The predicted molar refractivity (Wildman–Crippen MR) is 101 cm³/mol. The van der Waals surface area contributed by atoms with E-state index in [0.717, 1.165) is 36.9 Å². The highest BCUT2D eigenvalue weighted by atomic mass is 19.1. The van der Waals surface area contributed by atoms with Crippen LogP contribution in [0.3, 0.4) is 0 Å². The number of amides is 1. The first-order valence-corrected chi connectivity index (χ1v) is 9.44. The van der Waals surface area contributed by atoms with Crippen molar-refractivity contribution in [2.75, 3.05) is 0 Å². The van der Waals surface area contributed by atoms with Crippen LogP contribution in [0.5, 0.6) is 0 Å². The fourth-order valence-electron chi connectivity index (χ4n) is 4.14. The summed E-state index contributed by atoms with van der Waals surface area (Å²) in [4.78, 5) is 24.3. The number of benzene rings is 1. The Hall–Kier alpha value is -2.50. The minimum absolute atomic E-state index is 0.0354. The largest absolute Gasteiger partial charge is 0.351 e. The van der Waals surface area contributed by atoms with Crippen LogP contribution in [0, 0.1) is 25.6 Å². The molecule has 1 heterocycles. The summed E-state index contributed by atoms with van der Waals surface area (Å²) in [6.45, 7) is 5.23. The standard InChI is InChI=1S/C21H26FN3O2/c1-13-21(15(3)26)14(2)25(24-13)12-20(27)23-19-6-4-5-17(19)11-16-7-9-18(22)10-8-16/h7-10,17,19H,4-6,11-12H2,1-3H3,(H,23,27)/t17-,19-/m0/s1. The van der Waals surface area contributed by atoms with E-state index in [1.807, 2.05) is 19.1 Å². The number of nitrogens with zero attached hydrogens (tertiary/aromatic N) is 2. The monoisotopic (exact) mass is 371 g/mol. The molecule has 1 N–H and O–H groups in total. The van der Waals surface area contributed by atoms with Crippen molar-refractivity contribution < 1.29 is 14.0 Å². The second-order valence-corrected chi connectivity index (χ2v) is 7.46. The topological polar surface area (TPSA) is 64.0 Å². The Balaban J connectivity index is 1.62. The van der Waals surface area contributed by atoms with Crippen molar-refractivity contribution in [1.29, 1.82) is 0 Å². The molecule has 1 aliphatic carbocycles. The van der Waals surface area contributed by atoms with E-state index in [-0.39, 0.29) is 30.1 Å². The second-order valence-electron chi connectivity index (χ2n) is 7.46. The predicted octanol–water partition coefficient (Wildman–Crippen LogP) is 3.37. The highest BCUT2D eigenvalue weighted by Crippen LogP contribution is 2.29. The Bertz CT molecular complexity index is 842. The molecule has 0 bridgehead atoms. The van der Waals surface area contributed by atoms with Crippen LogP contribution in [0.4, 0.5) is 4.39 Å². The van der Waals surface area contributed by atoms with Crippen LogP contribution >= 0.6 is 0 Å². The molecule has 6 heteroatoms. The van der Waals surface area contributed by atoms with E-state index in [1.165, 1.54) is 19.1 Å². The van der Waals surface area contributed by atoms with Gasteiger partial charge in [-0.2, -0.15) is 5.10 Å². The van der Waals surface area contributed by atoms with Gasteiger partial charge in [-0.1, -0.05) is 18.6 Å². The van der Waals surface area contributed by atoms with Gasteiger partial charge in [-0.05, 0) is 63.6 Å². The second kappa shape index (κ2) is 8.03. The Kier molecular flexibility index (Phi) is 5.73. The van der Waals surface area contributed by atoms with E-state index in [2.05, 4.69) is 10.4 Å². The number of Topliss-reactive ketones (excluding diaryl/α,β-unsaturated/α-hetero) is 1. The van der Waals surface area contributed by atoms with E-state index < -0.39 is 0 Å². The molecule has 1 aromatic carbocycles. The third-order valence-electron chi connectivity index (χ3n) is 5.44. The molecule has 2 atom stereocenters. The van der Waals surface area contributed by atoms with Gasteiger partial charge in [0.25, 0.3) is 0 Å². The molecular formula is C21H26FN3O2. The van der Waals surface area contributed by atoms with Crippen molar-refractivity contribution in [1.82, 2.24) is 15.1 Å². The normalized spacial score (nSPS) is 19.3. The summed E-state index contributed by atoms with van der Waals surface area (Å²) >= 11 is 0. The number of aryl methyl sites for hydroxylation is 1. The molecule has 0 saturated heterocycles. The molecule has 27 heavy (non-hydrogen) atoms. The van der Waals surface area contributed by atoms with Crippen molar-refractivity contribution in [3.05, 3.63) is 52.6 Å². The van der Waals surface area contributed by atoms with Crippen LogP contribution in [-0.4, -0.2) is 27.5 Å². The van der Waals surface area contributed by atoms with Crippen LogP contribution < -0.4 is 5.32 Å². The lowest BCUT2D eigenvalue weighted by Crippen LogP contribution is -2.40. The smallest absolute Gasteiger partial charge is 0.241 e. The number of carbonyl (C=O) groups excluding carboxylic acids is 2. The number of carbonyl (C=O) groups is 2. The average molecular weight is 371 g/mol. The van der Waals surface area contributed by atoms with E-state index in [9.17, 15) is 14.0 Å². The first-order chi connectivity index (χ1) is 12.8. The van der Waals surface area contributed by atoms with E-state index >= 15 is 0 Å². The van der Waals surface area contributed by atoms with Gasteiger partial charge in [0.2, 0.25) is 5.91 Å². The zero-order valence-corrected chi connectivity index (χ0v) is 16.1. The van der Waals surface area contributed by atoms with Gasteiger partial charge in [0.1, 0.15) is 12.4 Å². The first-order valence-electron chi connectivity index (χ1n) is 9.44. The van der Waals surface area contributed by atoms with Gasteiger partial charge < -0.3 is 5.32 Å². The fourth-order valence-corrected chi connectivity index (χ4v) is 4.14. The number of rotatable bonds is 6. The molecule has 1 saturated carbocycles. The number of aromatic nitrogens is 2. The molecule has 0 unspecified atom stereocenters. The Morgan fingerprint density at radius 3 is 2.56 bits per heavy atom. The summed E-state index contributed by atoms with van der Waals surface area (Å²) < 4.78 is 14.7. The molecule has 1 amide bonds. The maximum atomic E-state index is 13.1. The summed E-state index contributed by atoms with van der Waals surface area (Å²) in [6.07, 6.45) is 3.91. The molecular weight excluding hydrogens is 345 g/mol. The van der Waals surface area contributed by atoms with Crippen molar-refractivity contribution in [2.24, 2.45) is 5.92 Å². The summed E-state index contributed by atoms with van der Waals surface area (Å²) in [5, 5.41) is 7.48. The number of nitrogens with one attached hydrogen (secondary N) is 1. The summed E-state index contributed by atoms with van der Waals surface area (Å²) in [7, 11) is 0. The molecule has 0 radical (unpaired) electrons. The van der Waals surface area contributed by atoms with Crippen LogP contribution in [0.25, 0.3) is 0 Å². The van der Waals surface area contributed by atoms with Crippen molar-refractivity contribution in [3.63, 3.8) is 0 Å². The summed E-state index contributed by atoms with van der Waals surface area (Å²) in [6, 6.07) is 6.70. The molecule has 1 aliphatic rings. The molecule has 2 aromatic rings. The number of hydrogen-bond acceptors (Lipinski definition) is 3. The molecule has 144 valence electrons. The fraction of sp³-hybridized carbons (Fsp3) is 0.476. The summed E-state index contributed by atoms with van der Waals surface area (Å²) in [5.41, 5.74) is 3.07. The lowest BCUT2D eigenvalue weighted by Gasteiger charge is -2.21. The molecule has 0 spiro atoms. The minimum atomic E-state index is -0.232. The number of halogens is 1. The molecule has 0 aliphatic heterocycles. The maximum Gasteiger partial charge on any atom is 0.241 e. The third kappa shape index (κ3) is 4.43. The SMILES string of the molecule is CC(=O)c1c(C)nn(CC(=O)N[C@H]2CCC[C@H]2Cc2ccc(F)cc2)c1C. The Morgan fingerprint density at radius 1 is 1.22 bits per heavy atom.